The van der Waals surface area contributed by atoms with Gasteiger partial charge in [0.25, 0.3) is 0 Å². The second-order valence-electron chi connectivity index (χ2n) is 4.22. The van der Waals surface area contributed by atoms with Gasteiger partial charge in [-0.15, -0.1) is 0 Å². The third-order valence-corrected chi connectivity index (χ3v) is 2.78. The molecule has 80 valence electrons. The van der Waals surface area contributed by atoms with Gasteiger partial charge < -0.3 is 0 Å². The molecule has 0 fully saturated rings. The maximum absolute atomic E-state index is 4.19. The van der Waals surface area contributed by atoms with Crippen molar-refractivity contribution in [2.24, 2.45) is 11.0 Å². The Balaban J connectivity index is 2.05. The van der Waals surface area contributed by atoms with Crippen molar-refractivity contribution in [1.82, 2.24) is 0 Å². The number of hydrazone groups is 1. The molecule has 0 amide bonds. The fraction of sp³-hybridized carbons (Fsp3) is 0.833. The summed E-state index contributed by atoms with van der Waals surface area (Å²) in [5.74, 6) is 0.735. The lowest BCUT2D eigenvalue weighted by molar-refractivity contribution is -0.501. The average Bonchev–Trinajstić information content (AvgIpc) is 2.18. The van der Waals surface area contributed by atoms with Crippen LogP contribution in [0.15, 0.2) is 5.10 Å². The first kappa shape index (κ1) is 11.4. The summed E-state index contributed by atoms with van der Waals surface area (Å²) in [5, 5.41) is 4.19. The fourth-order valence-corrected chi connectivity index (χ4v) is 1.92. The molecule has 0 saturated heterocycles. The quantitative estimate of drug-likeness (QED) is 0.457. The highest BCUT2D eigenvalue weighted by atomic mass is 15.3. The summed E-state index contributed by atoms with van der Waals surface area (Å²) in [5.41, 5.74) is 0. The van der Waals surface area contributed by atoms with Crippen LogP contribution in [0.25, 0.3) is 0 Å². The van der Waals surface area contributed by atoms with E-state index >= 15 is 0 Å². The highest BCUT2D eigenvalue weighted by Gasteiger charge is 2.13. The topological polar surface area (TPSA) is 15.4 Å². The molecule has 2 heteroatoms. The van der Waals surface area contributed by atoms with Gasteiger partial charge in [0.1, 0.15) is 0 Å². The maximum Gasteiger partial charge on any atom is 0.176 e. The Kier molecular flexibility index (Phi) is 5.50. The standard InChI is InChI=1S/C12H23N2/c1-3-4-5-6-7-8-12-9-10-13-14(2)11-12/h10-12H,3-9H2,1-2H3/q+1. The van der Waals surface area contributed by atoms with Gasteiger partial charge in [0, 0.05) is 12.3 Å². The molecule has 0 aromatic carbocycles. The van der Waals surface area contributed by atoms with Crippen LogP contribution in [0, 0.1) is 5.92 Å². The second-order valence-corrected chi connectivity index (χ2v) is 4.22. The van der Waals surface area contributed by atoms with Crippen molar-refractivity contribution in [3.05, 3.63) is 0 Å². The van der Waals surface area contributed by atoms with Crippen molar-refractivity contribution in [1.29, 1.82) is 0 Å². The maximum atomic E-state index is 4.19. The van der Waals surface area contributed by atoms with E-state index in [-0.39, 0.29) is 0 Å². The van der Waals surface area contributed by atoms with Gasteiger partial charge >= 0.3 is 0 Å². The van der Waals surface area contributed by atoms with E-state index in [9.17, 15) is 0 Å². The molecule has 0 N–H and O–H groups in total. The van der Waals surface area contributed by atoms with E-state index in [2.05, 4.69) is 18.2 Å². The number of hydrogen-bond donors (Lipinski definition) is 0. The molecular weight excluding hydrogens is 172 g/mol. The zero-order valence-corrected chi connectivity index (χ0v) is 9.58. The Hall–Kier alpha value is -0.660. The molecule has 1 rings (SSSR count). The van der Waals surface area contributed by atoms with Crippen molar-refractivity contribution >= 4 is 12.4 Å². The first-order valence-electron chi connectivity index (χ1n) is 5.93. The van der Waals surface area contributed by atoms with E-state index in [1.54, 1.807) is 0 Å². The predicted octanol–water partition coefficient (Wildman–Crippen LogP) is 3.07. The van der Waals surface area contributed by atoms with E-state index in [1.165, 1.54) is 38.5 Å². The van der Waals surface area contributed by atoms with Crippen LogP contribution in [0.1, 0.15) is 51.9 Å². The van der Waals surface area contributed by atoms with Crippen molar-refractivity contribution < 1.29 is 4.68 Å². The zero-order chi connectivity index (χ0) is 10.2. The average molecular weight is 195 g/mol. The molecule has 0 radical (unpaired) electrons. The second kappa shape index (κ2) is 6.74. The Morgan fingerprint density at radius 3 is 2.79 bits per heavy atom. The summed E-state index contributed by atoms with van der Waals surface area (Å²) in [6.45, 7) is 2.26. The molecule has 0 aliphatic carbocycles. The molecule has 1 atom stereocenters. The summed E-state index contributed by atoms with van der Waals surface area (Å²) in [6.07, 6.45) is 13.7. The van der Waals surface area contributed by atoms with Crippen molar-refractivity contribution in [2.75, 3.05) is 7.05 Å². The van der Waals surface area contributed by atoms with Gasteiger partial charge in [-0.05, 0) is 11.5 Å². The predicted molar refractivity (Wildman–Crippen MR) is 62.2 cm³/mol. The minimum absolute atomic E-state index is 0.735. The van der Waals surface area contributed by atoms with Crippen LogP contribution >= 0.6 is 0 Å². The molecule has 0 aromatic rings. The van der Waals surface area contributed by atoms with E-state index in [0.29, 0.717) is 0 Å². The van der Waals surface area contributed by atoms with Gasteiger partial charge in [-0.25, -0.2) is 0 Å². The third kappa shape index (κ3) is 4.54. The van der Waals surface area contributed by atoms with Gasteiger partial charge in [0.05, 0.1) is 6.21 Å². The summed E-state index contributed by atoms with van der Waals surface area (Å²) >= 11 is 0. The van der Waals surface area contributed by atoms with Crippen molar-refractivity contribution in [3.63, 3.8) is 0 Å². The van der Waals surface area contributed by atoms with Crippen LogP contribution in [0.4, 0.5) is 0 Å². The number of unbranched alkanes of at least 4 members (excludes halogenated alkanes) is 4. The summed E-state index contributed by atoms with van der Waals surface area (Å²) in [7, 11) is 2.01. The van der Waals surface area contributed by atoms with Crippen LogP contribution < -0.4 is 0 Å². The fourth-order valence-electron chi connectivity index (χ4n) is 1.92. The lowest BCUT2D eigenvalue weighted by Gasteiger charge is -2.08. The van der Waals surface area contributed by atoms with Crippen LogP contribution in [0.2, 0.25) is 0 Å². The van der Waals surface area contributed by atoms with Gasteiger partial charge in [0.2, 0.25) is 0 Å². The van der Waals surface area contributed by atoms with E-state index in [1.807, 2.05) is 17.9 Å². The van der Waals surface area contributed by atoms with E-state index in [4.69, 9.17) is 0 Å². The zero-order valence-electron chi connectivity index (χ0n) is 9.58. The molecule has 14 heavy (non-hydrogen) atoms. The molecule has 1 heterocycles. The minimum Gasteiger partial charge on any atom is -0.0981 e. The first-order chi connectivity index (χ1) is 6.83. The molecule has 0 bridgehead atoms. The molecule has 1 aliphatic rings. The summed E-state index contributed by atoms with van der Waals surface area (Å²) in [4.78, 5) is 0. The van der Waals surface area contributed by atoms with Crippen LogP contribution in [0.3, 0.4) is 0 Å². The minimum atomic E-state index is 0.735. The molecule has 0 aromatic heterocycles. The third-order valence-electron chi connectivity index (χ3n) is 2.78. The lowest BCUT2D eigenvalue weighted by atomic mass is 9.98. The van der Waals surface area contributed by atoms with Gasteiger partial charge in [-0.1, -0.05) is 43.7 Å². The lowest BCUT2D eigenvalue weighted by Crippen LogP contribution is -2.15. The molecule has 0 spiro atoms. The molecular formula is C12H23N2+. The Morgan fingerprint density at radius 1 is 1.29 bits per heavy atom. The molecule has 0 saturated carbocycles. The van der Waals surface area contributed by atoms with Crippen molar-refractivity contribution in [2.45, 2.75) is 51.9 Å². The van der Waals surface area contributed by atoms with Crippen LogP contribution in [-0.2, 0) is 0 Å². The van der Waals surface area contributed by atoms with Crippen LogP contribution in [-0.4, -0.2) is 24.2 Å². The Morgan fingerprint density at radius 2 is 2.07 bits per heavy atom. The van der Waals surface area contributed by atoms with E-state index in [0.717, 1.165) is 12.3 Å². The number of hydrogen-bond acceptors (Lipinski definition) is 1. The molecule has 1 aliphatic heterocycles. The Bertz CT molecular complexity index is 206. The van der Waals surface area contributed by atoms with Gasteiger partial charge in [-0.2, -0.15) is 0 Å². The normalized spacial score (nSPS) is 21.0. The largest absolute Gasteiger partial charge is 0.176 e. The van der Waals surface area contributed by atoms with Gasteiger partial charge in [0.15, 0.2) is 13.3 Å². The summed E-state index contributed by atoms with van der Waals surface area (Å²) < 4.78 is 1.94. The van der Waals surface area contributed by atoms with E-state index < -0.39 is 0 Å². The highest BCUT2D eigenvalue weighted by Crippen LogP contribution is 2.13. The SMILES string of the molecule is CCCCCCCC1C=[N+](C)N=CC1. The summed E-state index contributed by atoms with van der Waals surface area (Å²) in [6, 6.07) is 0. The number of rotatable bonds is 6. The highest BCUT2D eigenvalue weighted by molar-refractivity contribution is 5.67. The Labute approximate surface area is 87.7 Å². The molecule has 2 nitrogen and oxygen atoms in total. The monoisotopic (exact) mass is 195 g/mol. The first-order valence-corrected chi connectivity index (χ1v) is 5.93. The van der Waals surface area contributed by atoms with Gasteiger partial charge in [-0.3, -0.25) is 0 Å². The number of nitrogens with zero attached hydrogens (tertiary/aromatic N) is 2. The van der Waals surface area contributed by atoms with Crippen molar-refractivity contribution in [3.8, 4) is 0 Å². The smallest absolute Gasteiger partial charge is 0.0981 e. The van der Waals surface area contributed by atoms with Crippen LogP contribution in [0.5, 0.6) is 0 Å². The molecule has 1 unspecified atom stereocenters.